The Kier molecular flexibility index (Phi) is 4.73. The topological polar surface area (TPSA) is 69.6 Å². The number of rotatable bonds is 3. The molecule has 1 rings (SSSR count). The van der Waals surface area contributed by atoms with Gasteiger partial charge in [-0.2, -0.15) is 0 Å². The van der Waals surface area contributed by atoms with Crippen LogP contribution in [0.25, 0.3) is 0 Å². The molecular weight excluding hydrogens is 232 g/mol. The van der Waals surface area contributed by atoms with Gasteiger partial charge in [-0.1, -0.05) is 0 Å². The Balaban J connectivity index is 2.82. The lowest BCUT2D eigenvalue weighted by Crippen LogP contribution is -2.54. The number of hydrogen-bond donors (Lipinski definition) is 2. The summed E-state index contributed by atoms with van der Waals surface area (Å²) >= 11 is 0. The Labute approximate surface area is 109 Å². The van der Waals surface area contributed by atoms with Crippen LogP contribution >= 0.6 is 0 Å². The molecule has 0 radical (unpaired) electrons. The number of nitrogens with one attached hydrogen (secondary N) is 1. The molecule has 1 saturated heterocycles. The molecule has 0 spiro atoms. The van der Waals surface area contributed by atoms with Crippen LogP contribution in [0.2, 0.25) is 0 Å². The molecule has 5 nitrogen and oxygen atoms in total. The average molecular weight is 256 g/mol. The molecule has 0 aromatic rings. The van der Waals surface area contributed by atoms with Gasteiger partial charge in [0.25, 0.3) is 0 Å². The third kappa shape index (κ3) is 3.70. The molecule has 1 aliphatic heterocycles. The number of carbonyl (C=O) groups is 2. The minimum Gasteiger partial charge on any atom is -0.481 e. The van der Waals surface area contributed by atoms with Crippen LogP contribution in [0.15, 0.2) is 0 Å². The van der Waals surface area contributed by atoms with Crippen molar-refractivity contribution in [2.75, 3.05) is 6.54 Å². The summed E-state index contributed by atoms with van der Waals surface area (Å²) in [6.07, 6.45) is 1.27. The maximum Gasteiger partial charge on any atom is 0.303 e. The highest BCUT2D eigenvalue weighted by Crippen LogP contribution is 2.23. The standard InChI is InChI=1S/C13H24N2O3/c1-9-7-8-14-10(5-6-11(16)17)12(18)15(9)13(2,3)4/h9-10,14H,5-8H2,1-4H3,(H,16,17). The third-order valence-electron chi connectivity index (χ3n) is 3.30. The smallest absolute Gasteiger partial charge is 0.303 e. The fourth-order valence-corrected chi connectivity index (χ4v) is 2.55. The van der Waals surface area contributed by atoms with Gasteiger partial charge in [-0.25, -0.2) is 0 Å². The van der Waals surface area contributed by atoms with E-state index in [1.54, 1.807) is 0 Å². The maximum absolute atomic E-state index is 12.5. The number of carboxylic acid groups (broad SMARTS) is 1. The molecule has 0 aromatic carbocycles. The van der Waals surface area contributed by atoms with E-state index >= 15 is 0 Å². The van der Waals surface area contributed by atoms with Gasteiger partial charge < -0.3 is 15.3 Å². The number of carboxylic acids is 1. The molecule has 1 amide bonds. The third-order valence-corrected chi connectivity index (χ3v) is 3.30. The van der Waals surface area contributed by atoms with Crippen molar-refractivity contribution in [3.63, 3.8) is 0 Å². The zero-order chi connectivity index (χ0) is 13.9. The van der Waals surface area contributed by atoms with Gasteiger partial charge in [0, 0.05) is 18.0 Å². The van der Waals surface area contributed by atoms with E-state index in [4.69, 9.17) is 5.11 Å². The zero-order valence-corrected chi connectivity index (χ0v) is 11.7. The quantitative estimate of drug-likeness (QED) is 0.797. The second kappa shape index (κ2) is 5.69. The fraction of sp³-hybridized carbons (Fsp3) is 0.846. The van der Waals surface area contributed by atoms with Gasteiger partial charge in [0.15, 0.2) is 0 Å². The van der Waals surface area contributed by atoms with Crippen LogP contribution in [0.4, 0.5) is 0 Å². The van der Waals surface area contributed by atoms with E-state index in [2.05, 4.69) is 5.32 Å². The van der Waals surface area contributed by atoms with Crippen molar-refractivity contribution in [2.45, 2.75) is 64.6 Å². The predicted octanol–water partition coefficient (Wildman–Crippen LogP) is 1.23. The molecule has 1 fully saturated rings. The summed E-state index contributed by atoms with van der Waals surface area (Å²) in [5.41, 5.74) is -0.232. The summed E-state index contributed by atoms with van der Waals surface area (Å²) in [6.45, 7) is 8.84. The SMILES string of the molecule is CC1CCNC(CCC(=O)O)C(=O)N1C(C)(C)C. The zero-order valence-electron chi connectivity index (χ0n) is 11.7. The highest BCUT2D eigenvalue weighted by atomic mass is 16.4. The maximum atomic E-state index is 12.5. The lowest BCUT2D eigenvalue weighted by molar-refractivity contribution is -0.140. The number of hydrogen-bond acceptors (Lipinski definition) is 3. The van der Waals surface area contributed by atoms with Crippen LogP contribution in [0.1, 0.15) is 47.0 Å². The first-order valence-electron chi connectivity index (χ1n) is 6.52. The molecule has 18 heavy (non-hydrogen) atoms. The van der Waals surface area contributed by atoms with Gasteiger partial charge >= 0.3 is 5.97 Å². The van der Waals surface area contributed by atoms with Crippen molar-refractivity contribution < 1.29 is 14.7 Å². The van der Waals surface area contributed by atoms with Crippen molar-refractivity contribution in [1.82, 2.24) is 10.2 Å². The Morgan fingerprint density at radius 3 is 2.61 bits per heavy atom. The highest BCUT2D eigenvalue weighted by molar-refractivity contribution is 5.83. The van der Waals surface area contributed by atoms with Crippen molar-refractivity contribution >= 4 is 11.9 Å². The number of amides is 1. The van der Waals surface area contributed by atoms with Crippen molar-refractivity contribution in [3.05, 3.63) is 0 Å². The summed E-state index contributed by atoms with van der Waals surface area (Å²) in [4.78, 5) is 25.0. The Hall–Kier alpha value is -1.10. The predicted molar refractivity (Wildman–Crippen MR) is 69.3 cm³/mol. The summed E-state index contributed by atoms with van der Waals surface area (Å²) in [6, 6.07) is -0.190. The van der Waals surface area contributed by atoms with E-state index in [-0.39, 0.29) is 30.0 Å². The minimum atomic E-state index is -0.857. The number of carbonyl (C=O) groups excluding carboxylic acids is 1. The van der Waals surface area contributed by atoms with Crippen LogP contribution < -0.4 is 5.32 Å². The molecule has 0 aromatic heterocycles. The van der Waals surface area contributed by atoms with E-state index in [0.29, 0.717) is 6.42 Å². The average Bonchev–Trinajstić information content (AvgIpc) is 2.33. The Morgan fingerprint density at radius 1 is 1.50 bits per heavy atom. The van der Waals surface area contributed by atoms with Crippen LogP contribution in [-0.4, -0.2) is 46.1 Å². The summed E-state index contributed by atoms with van der Waals surface area (Å²) in [7, 11) is 0. The van der Waals surface area contributed by atoms with Crippen LogP contribution in [0.5, 0.6) is 0 Å². The first kappa shape index (κ1) is 15.0. The molecule has 104 valence electrons. The van der Waals surface area contributed by atoms with E-state index < -0.39 is 5.97 Å². The molecule has 0 aliphatic carbocycles. The molecule has 2 unspecified atom stereocenters. The normalized spacial score (nSPS) is 26.0. The Bertz CT molecular complexity index is 323. The summed E-state index contributed by atoms with van der Waals surface area (Å²) in [5, 5.41) is 11.9. The van der Waals surface area contributed by atoms with Crippen LogP contribution in [0.3, 0.4) is 0 Å². The summed E-state index contributed by atoms with van der Waals surface area (Å²) < 4.78 is 0. The molecule has 0 bridgehead atoms. The van der Waals surface area contributed by atoms with Gasteiger partial charge in [-0.05, 0) is 47.1 Å². The second-order valence-electron chi connectivity index (χ2n) is 5.96. The van der Waals surface area contributed by atoms with E-state index in [0.717, 1.165) is 13.0 Å². The number of aliphatic carboxylic acids is 1. The fourth-order valence-electron chi connectivity index (χ4n) is 2.55. The molecule has 5 heteroatoms. The molecule has 2 atom stereocenters. The van der Waals surface area contributed by atoms with Crippen molar-refractivity contribution in [2.24, 2.45) is 0 Å². The van der Waals surface area contributed by atoms with Crippen molar-refractivity contribution in [3.8, 4) is 0 Å². The van der Waals surface area contributed by atoms with Crippen LogP contribution in [0, 0.1) is 0 Å². The largest absolute Gasteiger partial charge is 0.481 e. The molecule has 2 N–H and O–H groups in total. The second-order valence-corrected chi connectivity index (χ2v) is 5.96. The lowest BCUT2D eigenvalue weighted by atomic mass is 10.00. The highest BCUT2D eigenvalue weighted by Gasteiger charge is 2.36. The Morgan fingerprint density at radius 2 is 2.11 bits per heavy atom. The molecule has 0 saturated carbocycles. The molecule has 1 heterocycles. The first-order valence-corrected chi connectivity index (χ1v) is 6.52. The number of nitrogens with zero attached hydrogens (tertiary/aromatic N) is 1. The minimum absolute atomic E-state index is 0.0220. The van der Waals surface area contributed by atoms with Crippen molar-refractivity contribution in [1.29, 1.82) is 0 Å². The van der Waals surface area contributed by atoms with E-state index in [9.17, 15) is 9.59 Å². The van der Waals surface area contributed by atoms with Gasteiger partial charge in [-0.15, -0.1) is 0 Å². The molecular formula is C13H24N2O3. The van der Waals surface area contributed by atoms with Gasteiger partial charge in [-0.3, -0.25) is 9.59 Å². The van der Waals surface area contributed by atoms with Gasteiger partial charge in [0.1, 0.15) is 0 Å². The van der Waals surface area contributed by atoms with Crippen LogP contribution in [-0.2, 0) is 9.59 Å². The monoisotopic (exact) mass is 256 g/mol. The lowest BCUT2D eigenvalue weighted by Gasteiger charge is -2.40. The first-order chi connectivity index (χ1) is 8.23. The van der Waals surface area contributed by atoms with E-state index in [1.165, 1.54) is 0 Å². The summed E-state index contributed by atoms with van der Waals surface area (Å²) in [5.74, 6) is -0.835. The van der Waals surface area contributed by atoms with Gasteiger partial charge in [0.05, 0.1) is 6.04 Å². The molecule has 1 aliphatic rings. The van der Waals surface area contributed by atoms with Gasteiger partial charge in [0.2, 0.25) is 5.91 Å². The van der Waals surface area contributed by atoms with E-state index in [1.807, 2.05) is 32.6 Å².